The number of rotatable bonds is 6. The van der Waals surface area contributed by atoms with Crippen LogP contribution in [0.15, 0.2) is 4.99 Å². The summed E-state index contributed by atoms with van der Waals surface area (Å²) >= 11 is 0. The predicted octanol–water partition coefficient (Wildman–Crippen LogP) is 1.87. The summed E-state index contributed by atoms with van der Waals surface area (Å²) in [6.07, 6.45) is 9.19. The zero-order valence-corrected chi connectivity index (χ0v) is 20.1. The third kappa shape index (κ3) is 7.84. The van der Waals surface area contributed by atoms with Crippen LogP contribution in [0.1, 0.15) is 51.4 Å². The Morgan fingerprint density at radius 2 is 1.76 bits per heavy atom. The number of nitrogens with one attached hydrogen (secondary N) is 2. The Bertz CT molecular complexity index is 533. The maximum absolute atomic E-state index is 11.9. The molecule has 2 saturated heterocycles. The lowest BCUT2D eigenvalue weighted by Gasteiger charge is -2.26. The van der Waals surface area contributed by atoms with Gasteiger partial charge in [0.1, 0.15) is 12.6 Å². The summed E-state index contributed by atoms with van der Waals surface area (Å²) in [5.74, 6) is 0.207. The number of ether oxygens (including phenoxy) is 3. The summed E-state index contributed by atoms with van der Waals surface area (Å²) in [7, 11) is 3.47. The van der Waals surface area contributed by atoms with Gasteiger partial charge in [0.25, 0.3) is 0 Å². The van der Waals surface area contributed by atoms with Crippen molar-refractivity contribution in [1.29, 1.82) is 0 Å². The van der Waals surface area contributed by atoms with Crippen molar-refractivity contribution in [3.8, 4) is 0 Å². The van der Waals surface area contributed by atoms with Crippen LogP contribution in [0.25, 0.3) is 0 Å². The summed E-state index contributed by atoms with van der Waals surface area (Å²) in [4.78, 5) is 17.9. The predicted molar refractivity (Wildman–Crippen MR) is 123 cm³/mol. The Hall–Kier alpha value is -0.650. The van der Waals surface area contributed by atoms with E-state index < -0.39 is 0 Å². The first-order valence-electron chi connectivity index (χ1n) is 10.7. The van der Waals surface area contributed by atoms with Gasteiger partial charge < -0.3 is 29.7 Å². The molecular weight excluding hydrogens is 487 g/mol. The van der Waals surface area contributed by atoms with Crippen molar-refractivity contribution < 1.29 is 19.0 Å². The molecular formula is C20H37IN4O4. The van der Waals surface area contributed by atoms with Crippen LogP contribution in [0.5, 0.6) is 0 Å². The number of halogens is 1. The van der Waals surface area contributed by atoms with Gasteiger partial charge in [0.15, 0.2) is 11.7 Å². The van der Waals surface area contributed by atoms with E-state index >= 15 is 0 Å². The van der Waals surface area contributed by atoms with Crippen LogP contribution < -0.4 is 10.6 Å². The van der Waals surface area contributed by atoms with E-state index in [4.69, 9.17) is 14.2 Å². The quantitative estimate of drug-likeness (QED) is 0.314. The first-order valence-corrected chi connectivity index (χ1v) is 10.7. The van der Waals surface area contributed by atoms with Crippen molar-refractivity contribution in [1.82, 2.24) is 15.5 Å². The number of nitrogens with zero attached hydrogens (tertiary/aromatic N) is 2. The Morgan fingerprint density at radius 1 is 1.07 bits per heavy atom. The SMILES string of the molecule is CN(C)C(=O)CN=C(NCC1CCCO1)NCC1COC2(CCCCCC2)O1.I. The molecule has 0 aromatic carbocycles. The van der Waals surface area contributed by atoms with Gasteiger partial charge in [-0.1, -0.05) is 12.8 Å². The summed E-state index contributed by atoms with van der Waals surface area (Å²) < 4.78 is 18.0. The molecule has 0 aromatic rings. The molecule has 0 aromatic heterocycles. The fraction of sp³-hybridized carbons (Fsp3) is 0.900. The van der Waals surface area contributed by atoms with Gasteiger partial charge in [-0.05, 0) is 25.7 Å². The number of carbonyl (C=O) groups is 1. The van der Waals surface area contributed by atoms with E-state index in [9.17, 15) is 4.79 Å². The molecule has 2 heterocycles. The van der Waals surface area contributed by atoms with Gasteiger partial charge in [-0.3, -0.25) is 4.79 Å². The molecule has 3 aliphatic rings. The number of amides is 1. The van der Waals surface area contributed by atoms with Crippen LogP contribution in [-0.4, -0.2) is 81.7 Å². The highest BCUT2D eigenvalue weighted by molar-refractivity contribution is 14.0. The third-order valence-electron chi connectivity index (χ3n) is 5.67. The number of hydrogen-bond donors (Lipinski definition) is 2. The molecule has 29 heavy (non-hydrogen) atoms. The van der Waals surface area contributed by atoms with Crippen LogP contribution in [-0.2, 0) is 19.0 Å². The smallest absolute Gasteiger partial charge is 0.243 e. The molecule has 1 amide bonds. The van der Waals surface area contributed by atoms with Gasteiger partial charge in [0.2, 0.25) is 5.91 Å². The summed E-state index contributed by atoms with van der Waals surface area (Å²) in [6.45, 7) is 2.83. The first-order chi connectivity index (χ1) is 13.6. The molecule has 3 fully saturated rings. The number of aliphatic imine (C=N–C) groups is 1. The topological polar surface area (TPSA) is 84.4 Å². The van der Waals surface area contributed by atoms with Gasteiger partial charge in [0, 0.05) is 46.6 Å². The van der Waals surface area contributed by atoms with Crippen molar-refractivity contribution in [3.05, 3.63) is 0 Å². The molecule has 0 radical (unpaired) electrons. The first kappa shape index (κ1) is 24.6. The van der Waals surface area contributed by atoms with Crippen molar-refractivity contribution in [2.75, 3.05) is 46.9 Å². The maximum atomic E-state index is 11.9. The van der Waals surface area contributed by atoms with Crippen LogP contribution >= 0.6 is 24.0 Å². The van der Waals surface area contributed by atoms with Crippen LogP contribution in [0.3, 0.4) is 0 Å². The largest absolute Gasteiger partial charge is 0.376 e. The molecule has 1 aliphatic carbocycles. The lowest BCUT2D eigenvalue weighted by atomic mass is 10.1. The lowest BCUT2D eigenvalue weighted by molar-refractivity contribution is -0.175. The highest BCUT2D eigenvalue weighted by Crippen LogP contribution is 2.36. The minimum absolute atomic E-state index is 0. The maximum Gasteiger partial charge on any atom is 0.243 e. The number of likely N-dealkylation sites (N-methyl/N-ethyl adjacent to an activating group) is 1. The zero-order chi connectivity index (χ0) is 19.8. The van der Waals surface area contributed by atoms with E-state index in [0.717, 1.165) is 32.3 Å². The van der Waals surface area contributed by atoms with Gasteiger partial charge in [-0.15, -0.1) is 24.0 Å². The van der Waals surface area contributed by atoms with Crippen LogP contribution in [0.4, 0.5) is 0 Å². The second kappa shape index (κ2) is 12.3. The van der Waals surface area contributed by atoms with Crippen molar-refractivity contribution >= 4 is 35.8 Å². The monoisotopic (exact) mass is 524 g/mol. The Labute approximate surface area is 191 Å². The standard InChI is InChI=1S/C20H36N4O4.HI/c1-24(2)18(25)14-23-19(21-12-16-8-7-11-26-16)22-13-17-15-27-20(28-17)9-5-3-4-6-10-20;/h16-17H,3-15H2,1-2H3,(H2,21,22,23);1H. The Morgan fingerprint density at radius 3 is 2.38 bits per heavy atom. The van der Waals surface area contributed by atoms with Crippen molar-refractivity contribution in [3.63, 3.8) is 0 Å². The van der Waals surface area contributed by atoms with Crippen LogP contribution in [0, 0.1) is 0 Å². The zero-order valence-electron chi connectivity index (χ0n) is 17.8. The van der Waals surface area contributed by atoms with Crippen molar-refractivity contribution in [2.45, 2.75) is 69.4 Å². The van der Waals surface area contributed by atoms with Gasteiger partial charge in [-0.2, -0.15) is 0 Å². The highest BCUT2D eigenvalue weighted by atomic mass is 127. The van der Waals surface area contributed by atoms with Crippen LogP contribution in [0.2, 0.25) is 0 Å². The fourth-order valence-corrected chi connectivity index (χ4v) is 3.94. The van der Waals surface area contributed by atoms with Crippen molar-refractivity contribution in [2.24, 2.45) is 4.99 Å². The minimum Gasteiger partial charge on any atom is -0.376 e. The fourth-order valence-electron chi connectivity index (χ4n) is 3.94. The number of guanidine groups is 1. The molecule has 3 rings (SSSR count). The molecule has 2 aliphatic heterocycles. The minimum atomic E-state index is -0.383. The van der Waals surface area contributed by atoms with E-state index in [1.807, 2.05) is 0 Å². The van der Waals surface area contributed by atoms with E-state index in [2.05, 4.69) is 15.6 Å². The van der Waals surface area contributed by atoms with Gasteiger partial charge >= 0.3 is 0 Å². The average molecular weight is 524 g/mol. The molecule has 8 nitrogen and oxygen atoms in total. The van der Waals surface area contributed by atoms with Gasteiger partial charge in [-0.25, -0.2) is 4.99 Å². The lowest BCUT2D eigenvalue weighted by Crippen LogP contribution is -2.45. The Kier molecular flexibility index (Phi) is 10.4. The van der Waals surface area contributed by atoms with E-state index in [1.54, 1.807) is 19.0 Å². The number of carbonyl (C=O) groups excluding carboxylic acids is 1. The molecule has 2 unspecified atom stereocenters. The molecule has 2 N–H and O–H groups in total. The highest BCUT2D eigenvalue weighted by Gasteiger charge is 2.41. The normalized spacial score (nSPS) is 26.6. The molecule has 0 bridgehead atoms. The second-order valence-corrected chi connectivity index (χ2v) is 8.23. The molecule has 9 heteroatoms. The second-order valence-electron chi connectivity index (χ2n) is 8.23. The van der Waals surface area contributed by atoms with Gasteiger partial charge in [0.05, 0.1) is 12.7 Å². The summed E-state index contributed by atoms with van der Waals surface area (Å²) in [5.41, 5.74) is 0. The molecule has 1 saturated carbocycles. The third-order valence-corrected chi connectivity index (χ3v) is 5.67. The number of hydrogen-bond acceptors (Lipinski definition) is 5. The molecule has 168 valence electrons. The Balaban J connectivity index is 0.00000300. The average Bonchev–Trinajstić information content (AvgIpc) is 3.28. The summed E-state index contributed by atoms with van der Waals surface area (Å²) in [6, 6.07) is 0. The van der Waals surface area contributed by atoms with E-state index in [-0.39, 0.29) is 54.4 Å². The molecule has 2 atom stereocenters. The molecule has 1 spiro atoms. The van der Waals surface area contributed by atoms with E-state index in [0.29, 0.717) is 25.7 Å². The summed E-state index contributed by atoms with van der Waals surface area (Å²) in [5, 5.41) is 6.63. The van der Waals surface area contributed by atoms with E-state index in [1.165, 1.54) is 25.7 Å².